The highest BCUT2D eigenvalue weighted by Gasteiger charge is 2.23. The highest BCUT2D eigenvalue weighted by atomic mass is 31.2. The van der Waals surface area contributed by atoms with E-state index in [1.165, 1.54) is 218 Å². The first-order valence-electron chi connectivity index (χ1n) is 29.2. The van der Waals surface area contributed by atoms with Crippen LogP contribution in [0.2, 0.25) is 0 Å². The predicted octanol–water partition coefficient (Wildman–Crippen LogP) is 17.0. The molecule has 1 amide bonds. The monoisotopic (exact) mass is 967 g/mol. The van der Waals surface area contributed by atoms with Crippen LogP contribution in [0.3, 0.4) is 0 Å². The average molecular weight is 968 g/mol. The van der Waals surface area contributed by atoms with E-state index >= 15 is 0 Å². The van der Waals surface area contributed by atoms with Gasteiger partial charge >= 0.3 is 0 Å². The molecule has 0 aliphatic carbocycles. The van der Waals surface area contributed by atoms with Crippen molar-refractivity contribution in [2.75, 3.05) is 40.9 Å². The molecule has 0 heterocycles. The number of allylic oxidation sites excluding steroid dienone is 3. The van der Waals surface area contributed by atoms with Gasteiger partial charge in [0.15, 0.2) is 0 Å². The third kappa shape index (κ3) is 52.6. The molecule has 0 aromatic rings. The van der Waals surface area contributed by atoms with E-state index in [1.54, 1.807) is 6.08 Å². The summed E-state index contributed by atoms with van der Waals surface area (Å²) in [5, 5.41) is 13.9. The van der Waals surface area contributed by atoms with E-state index in [4.69, 9.17) is 9.05 Å². The summed E-state index contributed by atoms with van der Waals surface area (Å²) in [5.41, 5.74) is 0. The molecular formula is C58H115N2O6P. The van der Waals surface area contributed by atoms with E-state index < -0.39 is 20.0 Å². The van der Waals surface area contributed by atoms with Gasteiger partial charge in [-0.25, -0.2) is 0 Å². The summed E-state index contributed by atoms with van der Waals surface area (Å²) >= 11 is 0. The Labute approximate surface area is 417 Å². The number of nitrogens with one attached hydrogen (secondary N) is 1. The fraction of sp³-hybridized carbons (Fsp3) is 0.914. The zero-order valence-electron chi connectivity index (χ0n) is 45.4. The van der Waals surface area contributed by atoms with Crippen LogP contribution in [0.15, 0.2) is 24.3 Å². The van der Waals surface area contributed by atoms with Gasteiger partial charge in [-0.1, -0.05) is 263 Å². The summed E-state index contributed by atoms with van der Waals surface area (Å²) in [6, 6.07) is -0.889. The molecule has 0 rings (SSSR count). The van der Waals surface area contributed by atoms with Crippen LogP contribution in [0, 0.1) is 0 Å². The lowest BCUT2D eigenvalue weighted by Crippen LogP contribution is -2.45. The van der Waals surface area contributed by atoms with E-state index in [2.05, 4.69) is 31.3 Å². The van der Waals surface area contributed by atoms with E-state index in [1.807, 2.05) is 27.2 Å². The molecule has 0 saturated carbocycles. The van der Waals surface area contributed by atoms with E-state index in [9.17, 15) is 19.4 Å². The summed E-state index contributed by atoms with van der Waals surface area (Å²) in [7, 11) is 1.27. The lowest BCUT2D eigenvalue weighted by molar-refractivity contribution is -0.870. The van der Waals surface area contributed by atoms with Crippen LogP contribution in [0.25, 0.3) is 0 Å². The number of carbonyl (C=O) groups excluding carboxylic acids is 1. The van der Waals surface area contributed by atoms with Gasteiger partial charge in [0.05, 0.1) is 39.9 Å². The van der Waals surface area contributed by atoms with E-state index in [-0.39, 0.29) is 19.1 Å². The third-order valence-electron chi connectivity index (χ3n) is 13.4. The first kappa shape index (κ1) is 66.0. The maximum Gasteiger partial charge on any atom is 0.268 e. The van der Waals surface area contributed by atoms with Crippen LogP contribution in [-0.2, 0) is 18.4 Å². The van der Waals surface area contributed by atoms with Crippen molar-refractivity contribution in [3.8, 4) is 0 Å². The molecule has 9 heteroatoms. The molecule has 0 spiro atoms. The average Bonchev–Trinajstić information content (AvgIpc) is 3.29. The zero-order valence-corrected chi connectivity index (χ0v) is 46.3. The van der Waals surface area contributed by atoms with Gasteiger partial charge in [-0.05, 0) is 44.9 Å². The highest BCUT2D eigenvalue weighted by molar-refractivity contribution is 7.45. The smallest absolute Gasteiger partial charge is 0.268 e. The Hall–Kier alpha value is -1.02. The minimum absolute atomic E-state index is 0.00113. The first-order valence-corrected chi connectivity index (χ1v) is 30.7. The molecule has 0 aromatic heterocycles. The minimum atomic E-state index is -4.59. The molecule has 0 aliphatic heterocycles. The van der Waals surface area contributed by atoms with Gasteiger partial charge in [0.2, 0.25) is 5.91 Å². The number of hydrogen-bond donors (Lipinski definition) is 2. The van der Waals surface area contributed by atoms with Crippen LogP contribution >= 0.6 is 7.82 Å². The van der Waals surface area contributed by atoms with E-state index in [0.29, 0.717) is 17.4 Å². The standard InChI is InChI=1S/C58H115N2O6P/c1-6-8-10-12-14-16-18-20-22-23-24-25-26-27-28-29-30-31-32-33-34-35-36-37-38-39-41-43-45-47-49-51-57(61)56(55-66-67(63,64)65-54-53-60(3,4)5)59-58(62)52-50-48-46-44-42-40-21-19-17-15-13-11-9-7-2/h19,21,49,51,56-57,61H,6-18,20,22-48,50,52-55H2,1-5H3,(H-,59,62,63,64)/b21-19-,51-49+. The Morgan fingerprint density at radius 3 is 1.16 bits per heavy atom. The van der Waals surface area contributed by atoms with Crippen molar-refractivity contribution >= 4 is 13.7 Å². The number of rotatable bonds is 54. The Morgan fingerprint density at radius 2 is 0.821 bits per heavy atom. The van der Waals surface area contributed by atoms with E-state index in [0.717, 1.165) is 51.4 Å². The molecule has 0 aromatic carbocycles. The lowest BCUT2D eigenvalue weighted by atomic mass is 10.0. The number of carbonyl (C=O) groups is 1. The quantitative estimate of drug-likeness (QED) is 0.0272. The summed E-state index contributed by atoms with van der Waals surface area (Å²) in [5.74, 6) is -0.203. The summed E-state index contributed by atoms with van der Waals surface area (Å²) < 4.78 is 23.3. The SMILES string of the molecule is CCCCCCC/C=C\CCCCCCCC(=O)NC(COP(=O)([O-])OCC[N+](C)(C)C)C(O)/C=C/CCCCCCCCCCCCCCCCCCCCCCCCCCCCCCC. The maximum absolute atomic E-state index is 12.9. The number of phosphoric ester groups is 1. The number of aliphatic hydroxyl groups is 1. The second-order valence-electron chi connectivity index (χ2n) is 21.4. The minimum Gasteiger partial charge on any atom is -0.756 e. The largest absolute Gasteiger partial charge is 0.756 e. The molecule has 0 radical (unpaired) electrons. The predicted molar refractivity (Wildman–Crippen MR) is 289 cm³/mol. The van der Waals surface area contributed by atoms with Crippen molar-refractivity contribution in [3.05, 3.63) is 24.3 Å². The van der Waals surface area contributed by atoms with Gasteiger partial charge < -0.3 is 28.8 Å². The summed E-state index contributed by atoms with van der Waals surface area (Å²) in [6.45, 7) is 4.66. The summed E-state index contributed by atoms with van der Waals surface area (Å²) in [6.07, 6.45) is 62.7. The van der Waals surface area contributed by atoms with Crippen molar-refractivity contribution < 1.29 is 32.9 Å². The van der Waals surface area contributed by atoms with Gasteiger partial charge in [0.1, 0.15) is 13.2 Å². The van der Waals surface area contributed by atoms with Gasteiger partial charge in [-0.15, -0.1) is 0 Å². The molecule has 0 saturated heterocycles. The second kappa shape index (κ2) is 49.9. The van der Waals surface area contributed by atoms with Gasteiger partial charge in [-0.2, -0.15) is 0 Å². The Balaban J connectivity index is 4.07. The number of amides is 1. The normalized spacial score (nSPS) is 14.1. The number of nitrogens with zero attached hydrogens (tertiary/aromatic N) is 1. The van der Waals surface area contributed by atoms with Crippen LogP contribution < -0.4 is 10.2 Å². The highest BCUT2D eigenvalue weighted by Crippen LogP contribution is 2.38. The molecule has 3 unspecified atom stereocenters. The fourth-order valence-corrected chi connectivity index (χ4v) is 9.52. The molecule has 2 N–H and O–H groups in total. The second-order valence-corrected chi connectivity index (χ2v) is 22.8. The fourth-order valence-electron chi connectivity index (χ4n) is 8.80. The van der Waals surface area contributed by atoms with Crippen molar-refractivity contribution in [3.63, 3.8) is 0 Å². The molecule has 0 aliphatic rings. The Kier molecular flexibility index (Phi) is 49.2. The maximum atomic E-state index is 12.9. The Bertz CT molecular complexity index is 1140. The number of phosphoric acid groups is 1. The molecule has 398 valence electrons. The van der Waals surface area contributed by atoms with Gasteiger partial charge in [-0.3, -0.25) is 9.36 Å². The number of quaternary nitrogens is 1. The molecule has 8 nitrogen and oxygen atoms in total. The van der Waals surface area contributed by atoms with Gasteiger partial charge in [0.25, 0.3) is 7.82 Å². The molecule has 0 fully saturated rings. The van der Waals surface area contributed by atoms with Crippen LogP contribution in [0.5, 0.6) is 0 Å². The molecular weight excluding hydrogens is 852 g/mol. The van der Waals surface area contributed by atoms with Crippen LogP contribution in [0.4, 0.5) is 0 Å². The first-order chi connectivity index (χ1) is 32.5. The van der Waals surface area contributed by atoms with Crippen LogP contribution in [-0.4, -0.2) is 68.5 Å². The van der Waals surface area contributed by atoms with Crippen molar-refractivity contribution in [1.29, 1.82) is 0 Å². The van der Waals surface area contributed by atoms with Crippen molar-refractivity contribution in [2.45, 2.75) is 302 Å². The topological polar surface area (TPSA) is 108 Å². The number of hydrogen-bond acceptors (Lipinski definition) is 6. The zero-order chi connectivity index (χ0) is 49.2. The van der Waals surface area contributed by atoms with Crippen molar-refractivity contribution in [1.82, 2.24) is 5.32 Å². The molecule has 67 heavy (non-hydrogen) atoms. The Morgan fingerprint density at radius 1 is 0.507 bits per heavy atom. The number of likely N-dealkylation sites (N-methyl/N-ethyl adjacent to an activating group) is 1. The number of unbranched alkanes of at least 4 members (excludes halogenated alkanes) is 39. The van der Waals surface area contributed by atoms with Crippen molar-refractivity contribution in [2.24, 2.45) is 0 Å². The molecule has 3 atom stereocenters. The lowest BCUT2D eigenvalue weighted by Gasteiger charge is -2.29. The van der Waals surface area contributed by atoms with Crippen LogP contribution in [0.1, 0.15) is 290 Å². The summed E-state index contributed by atoms with van der Waals surface area (Å²) in [4.78, 5) is 25.4. The third-order valence-corrected chi connectivity index (χ3v) is 14.4. The molecule has 0 bridgehead atoms. The number of aliphatic hydroxyl groups excluding tert-OH is 1. The van der Waals surface area contributed by atoms with Gasteiger partial charge in [0, 0.05) is 6.42 Å².